The van der Waals surface area contributed by atoms with E-state index in [4.69, 9.17) is 9.47 Å². The molecular formula is C31H45ClN2O3. The molecule has 6 heteroatoms. The van der Waals surface area contributed by atoms with E-state index in [2.05, 4.69) is 49.7 Å². The fourth-order valence-corrected chi connectivity index (χ4v) is 5.59. The zero-order chi connectivity index (χ0) is 25.5. The Hall–Kier alpha value is -2.11. The largest absolute Gasteiger partial charge is 0.482 e. The van der Waals surface area contributed by atoms with E-state index in [1.807, 2.05) is 12.3 Å². The van der Waals surface area contributed by atoms with Gasteiger partial charge in [0.05, 0.1) is 5.56 Å². The van der Waals surface area contributed by atoms with E-state index in [-0.39, 0.29) is 18.4 Å². The number of hydrogen-bond acceptors (Lipinski definition) is 5. The molecule has 1 fully saturated rings. The van der Waals surface area contributed by atoms with Crippen LogP contribution in [0.1, 0.15) is 96.6 Å². The van der Waals surface area contributed by atoms with Crippen molar-refractivity contribution in [2.24, 2.45) is 5.92 Å². The topological polar surface area (TPSA) is 51.7 Å². The summed E-state index contributed by atoms with van der Waals surface area (Å²) in [7, 11) is 0. The highest BCUT2D eigenvalue weighted by Crippen LogP contribution is 2.49. The summed E-state index contributed by atoms with van der Waals surface area (Å²) in [5.41, 5.74) is 3.59. The molecular weight excluding hydrogens is 484 g/mol. The summed E-state index contributed by atoms with van der Waals surface area (Å²) in [6.07, 6.45) is 14.7. The number of likely N-dealkylation sites (tertiary alicyclic amines) is 1. The smallest absolute Gasteiger partial charge is 0.311 e. The summed E-state index contributed by atoms with van der Waals surface area (Å²) in [6, 6.07) is 6.22. The van der Waals surface area contributed by atoms with Crippen molar-refractivity contribution in [2.45, 2.75) is 97.5 Å². The monoisotopic (exact) mass is 528 g/mol. The van der Waals surface area contributed by atoms with Crippen molar-refractivity contribution in [2.75, 3.05) is 19.6 Å². The Morgan fingerprint density at radius 3 is 2.70 bits per heavy atom. The van der Waals surface area contributed by atoms with E-state index in [9.17, 15) is 4.79 Å². The Kier molecular flexibility index (Phi) is 10.8. The second kappa shape index (κ2) is 13.6. The summed E-state index contributed by atoms with van der Waals surface area (Å²) in [4.78, 5) is 19.8. The number of unbranched alkanes of at least 4 members (excludes halogenated alkanes) is 2. The number of aryl methyl sites for hydroxylation is 1. The third-order valence-corrected chi connectivity index (χ3v) is 7.73. The second-order valence-electron chi connectivity index (χ2n) is 11.3. The molecule has 1 aromatic heterocycles. The Morgan fingerprint density at radius 1 is 1.16 bits per heavy atom. The number of rotatable bonds is 12. The minimum atomic E-state index is -0.478. The number of aromatic nitrogens is 1. The van der Waals surface area contributed by atoms with Crippen molar-refractivity contribution < 1.29 is 14.3 Å². The molecule has 1 saturated heterocycles. The first kappa shape index (κ1) is 29.4. The number of halogens is 1. The highest BCUT2D eigenvalue weighted by Gasteiger charge is 2.35. The van der Waals surface area contributed by atoms with Crippen molar-refractivity contribution in [3.63, 3.8) is 0 Å². The quantitative estimate of drug-likeness (QED) is 0.160. The lowest BCUT2D eigenvalue weighted by Gasteiger charge is -2.35. The second-order valence-corrected chi connectivity index (χ2v) is 11.3. The Morgan fingerprint density at radius 2 is 1.95 bits per heavy atom. The number of nitrogens with zero attached hydrogens (tertiary/aromatic N) is 2. The average molecular weight is 529 g/mol. The van der Waals surface area contributed by atoms with Gasteiger partial charge in [-0.3, -0.25) is 9.78 Å². The van der Waals surface area contributed by atoms with E-state index in [1.54, 1.807) is 6.20 Å². The van der Waals surface area contributed by atoms with Crippen LogP contribution in [0, 0.1) is 5.92 Å². The molecule has 0 spiro atoms. The van der Waals surface area contributed by atoms with Crippen LogP contribution < -0.4 is 9.47 Å². The summed E-state index contributed by atoms with van der Waals surface area (Å²) < 4.78 is 12.6. The molecule has 1 aromatic carbocycles. The molecule has 0 amide bonds. The van der Waals surface area contributed by atoms with Crippen LogP contribution in [-0.4, -0.2) is 35.5 Å². The summed E-state index contributed by atoms with van der Waals surface area (Å²) in [5.74, 6) is 1.90. The van der Waals surface area contributed by atoms with Gasteiger partial charge in [0, 0.05) is 29.9 Å². The van der Waals surface area contributed by atoms with Crippen molar-refractivity contribution in [3.05, 3.63) is 41.7 Å². The fraction of sp³-hybridized carbons (Fsp3) is 0.613. The van der Waals surface area contributed by atoms with Gasteiger partial charge in [0.15, 0.2) is 0 Å². The number of esters is 1. The summed E-state index contributed by atoms with van der Waals surface area (Å²) >= 11 is 0. The fourth-order valence-electron chi connectivity index (χ4n) is 5.59. The minimum Gasteiger partial charge on any atom is -0.482 e. The highest BCUT2D eigenvalue weighted by atomic mass is 35.5. The normalized spacial score (nSPS) is 16.8. The maximum Gasteiger partial charge on any atom is 0.311 e. The number of carbonyl (C=O) groups is 1. The number of carbonyl (C=O) groups excluding carboxylic acids is 1. The van der Waals surface area contributed by atoms with Crippen LogP contribution >= 0.6 is 12.4 Å². The van der Waals surface area contributed by atoms with Gasteiger partial charge in [-0.2, -0.15) is 0 Å². The van der Waals surface area contributed by atoms with Gasteiger partial charge in [0.25, 0.3) is 0 Å². The third-order valence-electron chi connectivity index (χ3n) is 7.73. The van der Waals surface area contributed by atoms with Gasteiger partial charge in [-0.05, 0) is 95.3 Å². The van der Waals surface area contributed by atoms with Gasteiger partial charge in [-0.15, -0.1) is 12.4 Å². The maximum atomic E-state index is 12.9. The van der Waals surface area contributed by atoms with E-state index in [1.165, 1.54) is 44.1 Å². The van der Waals surface area contributed by atoms with Crippen LogP contribution in [-0.2, 0) is 16.8 Å². The van der Waals surface area contributed by atoms with Gasteiger partial charge in [-0.25, -0.2) is 0 Å². The Labute approximate surface area is 229 Å². The molecule has 2 aromatic rings. The molecule has 0 radical (unpaired) electrons. The van der Waals surface area contributed by atoms with E-state index < -0.39 is 5.60 Å². The molecule has 1 atom stereocenters. The van der Waals surface area contributed by atoms with Crippen molar-refractivity contribution in [3.8, 4) is 22.6 Å². The SMILES string of the molecule is CCCCCC(C)CCc1cc(OC(=O)CCCN2CCCC2)c2c(c1)OC(C)(C)c1ccncc1-2.Cl. The zero-order valence-electron chi connectivity index (χ0n) is 23.2. The standard InChI is InChI=1S/C31H44N2O3.ClH/c1-5-6-7-11-23(2)13-14-24-20-27(35-29(34)12-10-19-33-17-8-9-18-33)30-25-22-32-16-15-26(25)31(3,4)36-28(30)21-24;/h15-16,20-23H,5-14,17-19H2,1-4H3;1H. The lowest BCUT2D eigenvalue weighted by Crippen LogP contribution is -2.29. The molecule has 4 rings (SSSR count). The molecule has 3 heterocycles. The van der Waals surface area contributed by atoms with Gasteiger partial charge in [0.1, 0.15) is 17.1 Å². The highest BCUT2D eigenvalue weighted by molar-refractivity contribution is 5.85. The van der Waals surface area contributed by atoms with Crippen LogP contribution in [0.5, 0.6) is 11.5 Å². The van der Waals surface area contributed by atoms with Crippen LogP contribution in [0.2, 0.25) is 0 Å². The first-order valence-electron chi connectivity index (χ1n) is 14.1. The van der Waals surface area contributed by atoms with E-state index >= 15 is 0 Å². The Bertz CT molecular complexity index is 1030. The molecule has 0 aliphatic carbocycles. The number of pyridine rings is 1. The van der Waals surface area contributed by atoms with E-state index in [0.717, 1.165) is 61.3 Å². The lowest BCUT2D eigenvalue weighted by atomic mass is 9.86. The van der Waals surface area contributed by atoms with E-state index in [0.29, 0.717) is 18.1 Å². The minimum absolute atomic E-state index is 0. The number of benzene rings is 1. The molecule has 2 aliphatic rings. The van der Waals surface area contributed by atoms with Crippen LogP contribution in [0.25, 0.3) is 11.1 Å². The molecule has 37 heavy (non-hydrogen) atoms. The predicted molar refractivity (Wildman–Crippen MR) is 153 cm³/mol. The lowest BCUT2D eigenvalue weighted by molar-refractivity contribution is -0.134. The van der Waals surface area contributed by atoms with Crippen LogP contribution in [0.15, 0.2) is 30.6 Å². The van der Waals surface area contributed by atoms with Crippen molar-refractivity contribution in [1.82, 2.24) is 9.88 Å². The molecule has 0 bridgehead atoms. The van der Waals surface area contributed by atoms with Gasteiger partial charge < -0.3 is 14.4 Å². The summed E-state index contributed by atoms with van der Waals surface area (Å²) in [6.45, 7) is 12.0. The first-order chi connectivity index (χ1) is 17.4. The maximum absolute atomic E-state index is 12.9. The first-order valence-corrected chi connectivity index (χ1v) is 14.1. The average Bonchev–Trinajstić information content (AvgIpc) is 3.36. The van der Waals surface area contributed by atoms with Crippen LogP contribution in [0.4, 0.5) is 0 Å². The Balaban J connectivity index is 0.00000380. The molecule has 0 N–H and O–H groups in total. The number of fused-ring (bicyclic) bond motifs is 3. The number of ether oxygens (including phenoxy) is 2. The molecule has 0 saturated carbocycles. The molecule has 204 valence electrons. The predicted octanol–water partition coefficient (Wildman–Crippen LogP) is 7.73. The zero-order valence-corrected chi connectivity index (χ0v) is 24.0. The number of hydrogen-bond donors (Lipinski definition) is 0. The van der Waals surface area contributed by atoms with Crippen molar-refractivity contribution >= 4 is 18.4 Å². The molecule has 5 nitrogen and oxygen atoms in total. The summed E-state index contributed by atoms with van der Waals surface area (Å²) in [5, 5.41) is 0. The molecule has 2 aliphatic heterocycles. The van der Waals surface area contributed by atoms with Crippen LogP contribution in [0.3, 0.4) is 0 Å². The van der Waals surface area contributed by atoms with Gasteiger partial charge in [0.2, 0.25) is 0 Å². The third kappa shape index (κ3) is 7.70. The van der Waals surface area contributed by atoms with Gasteiger partial charge in [-0.1, -0.05) is 39.5 Å². The van der Waals surface area contributed by atoms with Gasteiger partial charge >= 0.3 is 5.97 Å². The van der Waals surface area contributed by atoms with Crippen molar-refractivity contribution in [1.29, 1.82) is 0 Å². The molecule has 1 unspecified atom stereocenters.